The molecule has 182 valence electrons. The molecule has 0 saturated carbocycles. The van der Waals surface area contributed by atoms with E-state index in [1.165, 1.54) is 0 Å². The van der Waals surface area contributed by atoms with Crippen molar-refractivity contribution in [2.45, 2.75) is 6.42 Å². The molecular formula is C27H30N4O4. The van der Waals surface area contributed by atoms with E-state index < -0.39 is 0 Å². The third-order valence-electron chi connectivity index (χ3n) is 6.52. The topological polar surface area (TPSA) is 75.2 Å². The first-order chi connectivity index (χ1) is 17.0. The Labute approximate surface area is 205 Å². The Kier molecular flexibility index (Phi) is 6.55. The average molecular weight is 475 g/mol. The van der Waals surface area contributed by atoms with Crippen LogP contribution in [0.1, 0.15) is 16.8 Å². The largest absolute Gasteiger partial charge is 0.486 e. The molecule has 2 aliphatic heterocycles. The number of pyridine rings is 1. The normalized spacial score (nSPS) is 16.1. The maximum Gasteiger partial charge on any atom is 0.254 e. The summed E-state index contributed by atoms with van der Waals surface area (Å²) < 4.78 is 11.4. The number of fused-ring (bicyclic) bond motifs is 2. The van der Waals surface area contributed by atoms with E-state index >= 15 is 0 Å². The van der Waals surface area contributed by atoms with Gasteiger partial charge in [0.05, 0.1) is 23.3 Å². The molecule has 0 radical (unpaired) electrons. The second-order valence-corrected chi connectivity index (χ2v) is 9.14. The van der Waals surface area contributed by atoms with Crippen molar-refractivity contribution in [3.8, 4) is 22.8 Å². The van der Waals surface area contributed by atoms with E-state index in [-0.39, 0.29) is 11.8 Å². The van der Waals surface area contributed by atoms with Crippen molar-refractivity contribution in [2.75, 3.05) is 60.0 Å². The van der Waals surface area contributed by atoms with Gasteiger partial charge in [-0.3, -0.25) is 14.5 Å². The Morgan fingerprint density at radius 1 is 0.943 bits per heavy atom. The van der Waals surface area contributed by atoms with Crippen molar-refractivity contribution in [3.05, 3.63) is 54.1 Å². The number of aromatic nitrogens is 1. The lowest BCUT2D eigenvalue weighted by Gasteiger charge is -2.23. The number of carbonyl (C=O) groups is 2. The van der Waals surface area contributed by atoms with Crippen molar-refractivity contribution >= 4 is 22.7 Å². The maximum atomic E-state index is 13.8. The quantitative estimate of drug-likeness (QED) is 0.579. The van der Waals surface area contributed by atoms with Gasteiger partial charge in [0.15, 0.2) is 11.5 Å². The van der Waals surface area contributed by atoms with Gasteiger partial charge < -0.3 is 19.3 Å². The van der Waals surface area contributed by atoms with Crippen molar-refractivity contribution in [1.29, 1.82) is 0 Å². The van der Waals surface area contributed by atoms with E-state index in [9.17, 15) is 9.59 Å². The predicted octanol–water partition coefficient (Wildman–Crippen LogP) is 2.91. The van der Waals surface area contributed by atoms with Gasteiger partial charge in [0.2, 0.25) is 5.91 Å². The highest BCUT2D eigenvalue weighted by atomic mass is 16.6. The molecule has 5 rings (SSSR count). The predicted molar refractivity (Wildman–Crippen MR) is 134 cm³/mol. The Hall–Kier alpha value is -3.65. The smallest absolute Gasteiger partial charge is 0.254 e. The fourth-order valence-corrected chi connectivity index (χ4v) is 4.54. The first-order valence-electron chi connectivity index (χ1n) is 12.0. The molecule has 8 heteroatoms. The van der Waals surface area contributed by atoms with Crippen LogP contribution in [0.4, 0.5) is 0 Å². The van der Waals surface area contributed by atoms with Gasteiger partial charge in [-0.2, -0.15) is 0 Å². The number of rotatable bonds is 4. The number of hydrogen-bond acceptors (Lipinski definition) is 6. The van der Waals surface area contributed by atoms with Gasteiger partial charge in [0, 0.05) is 51.2 Å². The summed E-state index contributed by atoms with van der Waals surface area (Å²) in [5, 5.41) is 0.836. The van der Waals surface area contributed by atoms with Crippen LogP contribution in [0.3, 0.4) is 0 Å². The molecule has 2 amide bonds. The molecule has 2 aromatic carbocycles. The zero-order chi connectivity index (χ0) is 24.4. The summed E-state index contributed by atoms with van der Waals surface area (Å²) in [6, 6.07) is 15.4. The molecule has 0 aliphatic carbocycles. The number of para-hydroxylation sites is 1. The lowest BCUT2D eigenvalue weighted by Crippen LogP contribution is -2.39. The summed E-state index contributed by atoms with van der Waals surface area (Å²) in [5.41, 5.74) is 3.00. The van der Waals surface area contributed by atoms with Crippen LogP contribution in [0.5, 0.6) is 11.5 Å². The zero-order valence-corrected chi connectivity index (χ0v) is 20.2. The van der Waals surface area contributed by atoms with E-state index in [1.807, 2.05) is 53.4 Å². The van der Waals surface area contributed by atoms with E-state index in [2.05, 4.69) is 4.90 Å². The lowest BCUT2D eigenvalue weighted by molar-refractivity contribution is -0.129. The summed E-state index contributed by atoms with van der Waals surface area (Å²) >= 11 is 0. The Morgan fingerprint density at radius 2 is 1.74 bits per heavy atom. The number of benzene rings is 2. The minimum atomic E-state index is -0.0109. The molecule has 0 unspecified atom stereocenters. The Bertz CT molecular complexity index is 1260. The summed E-state index contributed by atoms with van der Waals surface area (Å²) in [5.74, 6) is 1.48. The summed E-state index contributed by atoms with van der Waals surface area (Å²) in [6.45, 7) is 4.12. The highest BCUT2D eigenvalue weighted by Crippen LogP contribution is 2.35. The number of hydrogen-bond donors (Lipinski definition) is 0. The maximum absolute atomic E-state index is 13.8. The van der Waals surface area contributed by atoms with E-state index in [0.717, 1.165) is 40.9 Å². The second-order valence-electron chi connectivity index (χ2n) is 9.14. The van der Waals surface area contributed by atoms with Crippen LogP contribution in [0, 0.1) is 0 Å². The molecule has 1 fully saturated rings. The third kappa shape index (κ3) is 4.93. The lowest BCUT2D eigenvalue weighted by atomic mass is 10.0. The summed E-state index contributed by atoms with van der Waals surface area (Å²) in [7, 11) is 3.54. The number of carbonyl (C=O) groups excluding carboxylic acids is 2. The highest BCUT2D eigenvalue weighted by Gasteiger charge is 2.24. The van der Waals surface area contributed by atoms with Crippen LogP contribution >= 0.6 is 0 Å². The monoisotopic (exact) mass is 474 g/mol. The van der Waals surface area contributed by atoms with Crippen molar-refractivity contribution in [2.24, 2.45) is 0 Å². The van der Waals surface area contributed by atoms with Crippen LogP contribution in [0.15, 0.2) is 48.5 Å². The molecule has 3 aromatic rings. The van der Waals surface area contributed by atoms with Gasteiger partial charge in [0.25, 0.3) is 5.91 Å². The molecule has 0 spiro atoms. The van der Waals surface area contributed by atoms with Gasteiger partial charge in [-0.1, -0.05) is 18.2 Å². The number of amides is 2. The highest BCUT2D eigenvalue weighted by molar-refractivity contribution is 6.07. The standard InChI is InChI=1S/C27H30N4O4/c1-29(2)26(32)18-30-10-5-11-31(13-12-30)27(33)21-17-23(28-22-7-4-3-6-20(21)22)19-8-9-24-25(16-19)35-15-14-34-24/h3-4,6-9,16-17H,5,10-15,18H2,1-2H3. The molecule has 1 saturated heterocycles. The van der Waals surface area contributed by atoms with Crippen LogP contribution < -0.4 is 9.47 Å². The van der Waals surface area contributed by atoms with Crippen LogP contribution in [-0.2, 0) is 4.79 Å². The SMILES string of the molecule is CN(C)C(=O)CN1CCCN(C(=O)c2cc(-c3ccc4c(c3)OCCO4)nc3ccccc23)CC1. The van der Waals surface area contributed by atoms with Gasteiger partial charge in [-0.25, -0.2) is 4.98 Å². The fourth-order valence-electron chi connectivity index (χ4n) is 4.54. The molecule has 2 aliphatic rings. The summed E-state index contributed by atoms with van der Waals surface area (Å²) in [4.78, 5) is 36.4. The number of nitrogens with zero attached hydrogens (tertiary/aromatic N) is 4. The summed E-state index contributed by atoms with van der Waals surface area (Å²) in [6.07, 6.45) is 0.824. The van der Waals surface area contributed by atoms with Crippen molar-refractivity contribution in [1.82, 2.24) is 19.7 Å². The third-order valence-corrected chi connectivity index (χ3v) is 6.52. The fraction of sp³-hybridized carbons (Fsp3) is 0.370. The van der Waals surface area contributed by atoms with E-state index in [0.29, 0.717) is 50.7 Å². The van der Waals surface area contributed by atoms with Crippen molar-refractivity contribution < 1.29 is 19.1 Å². The first kappa shape index (κ1) is 23.1. The molecule has 0 bridgehead atoms. The van der Waals surface area contributed by atoms with Gasteiger partial charge in [-0.05, 0) is 36.8 Å². The first-order valence-corrected chi connectivity index (χ1v) is 12.0. The van der Waals surface area contributed by atoms with Crippen LogP contribution in [-0.4, -0.2) is 91.5 Å². The minimum Gasteiger partial charge on any atom is -0.486 e. The molecule has 8 nitrogen and oxygen atoms in total. The minimum absolute atomic E-state index is 0.0109. The van der Waals surface area contributed by atoms with Crippen LogP contribution in [0.2, 0.25) is 0 Å². The van der Waals surface area contributed by atoms with Gasteiger partial charge in [-0.15, -0.1) is 0 Å². The molecule has 0 N–H and O–H groups in total. The molecular weight excluding hydrogens is 444 g/mol. The van der Waals surface area contributed by atoms with Gasteiger partial charge in [0.1, 0.15) is 13.2 Å². The number of likely N-dealkylation sites (N-methyl/N-ethyl adjacent to an activating group) is 1. The van der Waals surface area contributed by atoms with Gasteiger partial charge >= 0.3 is 0 Å². The van der Waals surface area contributed by atoms with E-state index in [4.69, 9.17) is 14.5 Å². The Balaban J connectivity index is 1.44. The van der Waals surface area contributed by atoms with Crippen molar-refractivity contribution in [3.63, 3.8) is 0 Å². The number of ether oxygens (including phenoxy) is 2. The molecule has 1 aromatic heterocycles. The molecule has 3 heterocycles. The molecule has 35 heavy (non-hydrogen) atoms. The van der Waals surface area contributed by atoms with E-state index in [1.54, 1.807) is 19.0 Å². The van der Waals surface area contributed by atoms with Crippen LogP contribution in [0.25, 0.3) is 22.2 Å². The average Bonchev–Trinajstić information content (AvgIpc) is 3.12. The zero-order valence-electron chi connectivity index (χ0n) is 20.2. The second kappa shape index (κ2) is 9.92. The molecule has 0 atom stereocenters. The Morgan fingerprint density at radius 3 is 2.57 bits per heavy atom.